The lowest BCUT2D eigenvalue weighted by atomic mass is 10.2. The highest BCUT2D eigenvalue weighted by atomic mass is 32.2. The van der Waals surface area contributed by atoms with E-state index in [4.69, 9.17) is 10.5 Å². The lowest BCUT2D eigenvalue weighted by Crippen LogP contribution is -2.12. The molecule has 0 aliphatic heterocycles. The number of hydrogen-bond donors (Lipinski definition) is 1. The third-order valence-corrected chi connectivity index (χ3v) is 3.13. The van der Waals surface area contributed by atoms with Gasteiger partial charge in [-0.15, -0.1) is 11.8 Å². The van der Waals surface area contributed by atoms with Crippen LogP contribution in [0.3, 0.4) is 0 Å². The molecule has 1 aromatic carbocycles. The standard InChI is InChI=1S/C13H11FN2O2S/c1-19-11-7-8(4-5-10(11)14)18-13-9(12(15)17)3-2-6-16-13/h2-7H,1H3,(H2,15,17). The van der Waals surface area contributed by atoms with Crippen LogP contribution in [0.5, 0.6) is 11.6 Å². The molecule has 1 amide bonds. The molecule has 1 heterocycles. The van der Waals surface area contributed by atoms with Crippen LogP contribution >= 0.6 is 11.8 Å². The van der Waals surface area contributed by atoms with Crippen LogP contribution in [-0.4, -0.2) is 17.1 Å². The summed E-state index contributed by atoms with van der Waals surface area (Å²) in [6.07, 6.45) is 3.25. The van der Waals surface area contributed by atoms with Crippen LogP contribution in [0.1, 0.15) is 10.4 Å². The van der Waals surface area contributed by atoms with Crippen molar-refractivity contribution in [1.29, 1.82) is 0 Å². The second kappa shape index (κ2) is 5.71. The van der Waals surface area contributed by atoms with Crippen molar-refractivity contribution in [2.45, 2.75) is 4.90 Å². The van der Waals surface area contributed by atoms with Crippen molar-refractivity contribution in [3.63, 3.8) is 0 Å². The first-order valence-electron chi connectivity index (χ1n) is 5.38. The van der Waals surface area contributed by atoms with Crippen molar-refractivity contribution in [1.82, 2.24) is 4.98 Å². The maximum Gasteiger partial charge on any atom is 0.254 e. The van der Waals surface area contributed by atoms with Crippen LogP contribution in [0.4, 0.5) is 4.39 Å². The summed E-state index contributed by atoms with van der Waals surface area (Å²) >= 11 is 1.26. The Kier molecular flexibility index (Phi) is 4.01. The molecular weight excluding hydrogens is 267 g/mol. The van der Waals surface area contributed by atoms with Gasteiger partial charge < -0.3 is 10.5 Å². The number of halogens is 1. The number of amides is 1. The summed E-state index contributed by atoms with van der Waals surface area (Å²) in [5.41, 5.74) is 5.40. The van der Waals surface area contributed by atoms with Crippen molar-refractivity contribution in [3.05, 3.63) is 47.9 Å². The van der Waals surface area contributed by atoms with Gasteiger partial charge in [-0.05, 0) is 36.6 Å². The summed E-state index contributed by atoms with van der Waals surface area (Å²) in [5.74, 6) is -0.452. The average Bonchev–Trinajstić information content (AvgIpc) is 2.41. The van der Waals surface area contributed by atoms with Crippen molar-refractivity contribution in [3.8, 4) is 11.6 Å². The van der Waals surface area contributed by atoms with Crippen LogP contribution < -0.4 is 10.5 Å². The molecule has 0 saturated heterocycles. The molecule has 0 saturated carbocycles. The van der Waals surface area contributed by atoms with Gasteiger partial charge in [0.15, 0.2) is 0 Å². The van der Waals surface area contributed by atoms with E-state index in [9.17, 15) is 9.18 Å². The van der Waals surface area contributed by atoms with E-state index in [0.717, 1.165) is 0 Å². The molecule has 1 aromatic heterocycles. The highest BCUT2D eigenvalue weighted by Crippen LogP contribution is 2.28. The SMILES string of the molecule is CSc1cc(Oc2ncccc2C(N)=O)ccc1F. The van der Waals surface area contributed by atoms with E-state index in [0.29, 0.717) is 10.6 Å². The van der Waals surface area contributed by atoms with Crippen molar-refractivity contribution >= 4 is 17.7 Å². The molecule has 0 unspecified atom stereocenters. The van der Waals surface area contributed by atoms with Crippen LogP contribution in [-0.2, 0) is 0 Å². The first-order valence-corrected chi connectivity index (χ1v) is 6.60. The van der Waals surface area contributed by atoms with Gasteiger partial charge in [0, 0.05) is 11.1 Å². The smallest absolute Gasteiger partial charge is 0.254 e. The molecule has 0 fully saturated rings. The number of nitrogens with two attached hydrogens (primary N) is 1. The molecule has 2 N–H and O–H groups in total. The van der Waals surface area contributed by atoms with E-state index >= 15 is 0 Å². The molecule has 19 heavy (non-hydrogen) atoms. The van der Waals surface area contributed by atoms with Gasteiger partial charge in [-0.1, -0.05) is 0 Å². The van der Waals surface area contributed by atoms with Gasteiger partial charge in [0.1, 0.15) is 17.1 Å². The number of benzene rings is 1. The van der Waals surface area contributed by atoms with Gasteiger partial charge in [0.05, 0.1) is 0 Å². The molecule has 0 aliphatic carbocycles. The number of thioether (sulfide) groups is 1. The molecule has 2 aromatic rings. The predicted octanol–water partition coefficient (Wildman–Crippen LogP) is 2.83. The number of ether oxygens (including phenoxy) is 1. The normalized spacial score (nSPS) is 10.2. The van der Waals surface area contributed by atoms with Crippen LogP contribution in [0.15, 0.2) is 41.4 Å². The van der Waals surface area contributed by atoms with Gasteiger partial charge in [0.25, 0.3) is 5.91 Å². The van der Waals surface area contributed by atoms with Crippen LogP contribution in [0.25, 0.3) is 0 Å². The lowest BCUT2D eigenvalue weighted by Gasteiger charge is -2.08. The van der Waals surface area contributed by atoms with E-state index in [1.54, 1.807) is 18.4 Å². The minimum Gasteiger partial charge on any atom is -0.438 e. The monoisotopic (exact) mass is 278 g/mol. The number of rotatable bonds is 4. The number of primary amides is 1. The molecule has 4 nitrogen and oxygen atoms in total. The van der Waals surface area contributed by atoms with Crippen molar-refractivity contribution in [2.75, 3.05) is 6.26 Å². The number of carbonyl (C=O) groups excluding carboxylic acids is 1. The molecular formula is C13H11FN2O2S. The van der Waals surface area contributed by atoms with Crippen LogP contribution in [0, 0.1) is 5.82 Å². The number of aromatic nitrogens is 1. The second-order valence-corrected chi connectivity index (χ2v) is 4.47. The third kappa shape index (κ3) is 3.03. The highest BCUT2D eigenvalue weighted by molar-refractivity contribution is 7.98. The third-order valence-electron chi connectivity index (χ3n) is 2.37. The van der Waals surface area contributed by atoms with E-state index in [-0.39, 0.29) is 17.3 Å². The maximum atomic E-state index is 13.4. The van der Waals surface area contributed by atoms with E-state index < -0.39 is 5.91 Å². The minimum atomic E-state index is -0.629. The van der Waals surface area contributed by atoms with Crippen molar-refractivity contribution in [2.24, 2.45) is 5.73 Å². The zero-order valence-corrected chi connectivity index (χ0v) is 10.9. The molecule has 2 rings (SSSR count). The Labute approximate surface area is 113 Å². The molecule has 0 radical (unpaired) electrons. The van der Waals surface area contributed by atoms with Gasteiger partial charge in [0.2, 0.25) is 5.88 Å². The van der Waals surface area contributed by atoms with Gasteiger partial charge >= 0.3 is 0 Å². The number of carbonyl (C=O) groups is 1. The molecule has 6 heteroatoms. The fourth-order valence-corrected chi connectivity index (χ4v) is 1.97. The Bertz CT molecular complexity index is 619. The Hall–Kier alpha value is -2.08. The molecule has 98 valence electrons. The zero-order valence-electron chi connectivity index (χ0n) is 10.1. The molecule has 0 aliphatic rings. The second-order valence-electron chi connectivity index (χ2n) is 3.62. The summed E-state index contributed by atoms with van der Waals surface area (Å²) < 4.78 is 18.8. The predicted molar refractivity (Wildman–Crippen MR) is 71.0 cm³/mol. The summed E-state index contributed by atoms with van der Waals surface area (Å²) in [6.45, 7) is 0. The number of hydrogen-bond acceptors (Lipinski definition) is 4. The largest absolute Gasteiger partial charge is 0.438 e. The lowest BCUT2D eigenvalue weighted by molar-refractivity contribution is 0.0997. The first kappa shape index (κ1) is 13.4. The number of nitrogens with zero attached hydrogens (tertiary/aromatic N) is 1. The summed E-state index contributed by atoms with van der Waals surface area (Å²) in [6, 6.07) is 7.41. The van der Waals surface area contributed by atoms with Gasteiger partial charge in [-0.3, -0.25) is 4.79 Å². The Morgan fingerprint density at radius 2 is 2.21 bits per heavy atom. The highest BCUT2D eigenvalue weighted by Gasteiger charge is 2.12. The summed E-state index contributed by atoms with van der Waals surface area (Å²) in [5, 5.41) is 0. The molecule has 0 spiro atoms. The molecule has 0 bridgehead atoms. The Morgan fingerprint density at radius 1 is 1.42 bits per heavy atom. The van der Waals surface area contributed by atoms with Crippen molar-refractivity contribution < 1.29 is 13.9 Å². The summed E-state index contributed by atoms with van der Waals surface area (Å²) in [4.78, 5) is 15.6. The zero-order chi connectivity index (χ0) is 13.8. The number of pyridine rings is 1. The quantitative estimate of drug-likeness (QED) is 0.873. The van der Waals surface area contributed by atoms with Gasteiger partial charge in [-0.25, -0.2) is 9.37 Å². The fraction of sp³-hybridized carbons (Fsp3) is 0.0769. The Morgan fingerprint density at radius 3 is 2.89 bits per heavy atom. The van der Waals surface area contributed by atoms with Crippen LogP contribution in [0.2, 0.25) is 0 Å². The molecule has 0 atom stereocenters. The van der Waals surface area contributed by atoms with E-state index in [1.807, 2.05) is 0 Å². The first-order chi connectivity index (χ1) is 9.11. The average molecular weight is 278 g/mol. The summed E-state index contributed by atoms with van der Waals surface area (Å²) in [7, 11) is 0. The van der Waals surface area contributed by atoms with Gasteiger partial charge in [-0.2, -0.15) is 0 Å². The Balaban J connectivity index is 2.34. The topological polar surface area (TPSA) is 65.2 Å². The van der Waals surface area contributed by atoms with E-state index in [1.165, 1.54) is 36.2 Å². The fourth-order valence-electron chi connectivity index (χ4n) is 1.47. The van der Waals surface area contributed by atoms with E-state index in [2.05, 4.69) is 4.98 Å². The minimum absolute atomic E-state index is 0.105. The maximum absolute atomic E-state index is 13.4.